The summed E-state index contributed by atoms with van der Waals surface area (Å²) in [7, 11) is 0. The molecule has 0 fully saturated rings. The number of carbonyl (C=O) groups excluding carboxylic acids is 3. The number of halogens is 2. The molecule has 3 rings (SSSR count). The molecule has 1 aliphatic rings. The maximum atomic E-state index is 10.4. The molecule has 1 aliphatic heterocycles. The Balaban J connectivity index is -0.000000196. The summed E-state index contributed by atoms with van der Waals surface area (Å²) in [5, 5.41) is 24.0. The first-order chi connectivity index (χ1) is 14.8. The van der Waals surface area contributed by atoms with Crippen LogP contribution in [-0.4, -0.2) is 41.3 Å². The van der Waals surface area contributed by atoms with Crippen LogP contribution in [0.4, 0.5) is 0 Å². The number of phenolic OH excluding ortho intramolecular Hbond substituents is 2. The fourth-order valence-electron chi connectivity index (χ4n) is 1.49. The molecule has 154 valence electrons. The molecule has 0 aliphatic carbocycles. The van der Waals surface area contributed by atoms with Gasteiger partial charge >= 0.3 is 138 Å². The zero-order valence-electron chi connectivity index (χ0n) is 20.7. The van der Waals surface area contributed by atoms with Crippen molar-refractivity contribution in [1.29, 1.82) is 0 Å². The first kappa shape index (κ1) is 27.3. The Hall–Kier alpha value is 1.09. The van der Waals surface area contributed by atoms with Crippen LogP contribution in [0.1, 0.15) is 27.6 Å². The van der Waals surface area contributed by atoms with Crippen LogP contribution in [-0.2, 0) is 9.68 Å². The second-order valence-electron chi connectivity index (χ2n) is 4.24. The van der Waals surface area contributed by atoms with Gasteiger partial charge in [-0.1, -0.05) is 0 Å². The van der Waals surface area contributed by atoms with E-state index in [-0.39, 0.29) is 163 Å². The fraction of sp³-hybridized carbons (Fsp3) is 0.118. The Morgan fingerprint density at radius 2 is 1.50 bits per heavy atom. The standard InChI is InChI=1S/C8H6O3.C7H6O3.CH2Cl2.CH2O3.2Cs.H/c9-4-6-1-2-7-8(3-6)11-5-10-7;8-4-5-1-2-6(9)7(10)3-5;2-1-3;2-1-4-3;;;/h1-4H,5H2;1-4,9-10H;1H2;1,3H;;;/q;;;;2*+1;-1/p-1/i5D2;;1D2;;;;. The van der Waals surface area contributed by atoms with Gasteiger partial charge in [0.05, 0.1) is 8.03 Å². The SMILES string of the molecule is O=CO[O-].O=Cc1ccc(O)c(O)c1.[2H]C([2H])(Cl)Cl.[2H]C1([2H])Oc2ccc(C=O)cc2O1.[Cs+].[Cs+].[H-]. The normalized spacial score (nSPS) is 13.3. The third kappa shape index (κ3) is 15.8. The number of hydrogen-bond donors (Lipinski definition) is 2. The van der Waals surface area contributed by atoms with Crippen molar-refractivity contribution >= 4 is 42.2 Å². The molecule has 0 atom stereocenters. The number of fused-ring (bicyclic) bond motifs is 1. The van der Waals surface area contributed by atoms with Crippen molar-refractivity contribution in [2.24, 2.45) is 0 Å². The van der Waals surface area contributed by atoms with Crippen LogP contribution < -0.4 is 153 Å². The van der Waals surface area contributed by atoms with Crippen LogP contribution in [0.3, 0.4) is 0 Å². The topological polar surface area (TPSA) is 142 Å². The Labute approximate surface area is 307 Å². The molecule has 2 aromatic carbocycles. The third-order valence-corrected chi connectivity index (χ3v) is 2.58. The summed E-state index contributed by atoms with van der Waals surface area (Å²) < 4.78 is 36.1. The Kier molecular flexibility index (Phi) is 21.2. The van der Waals surface area contributed by atoms with Gasteiger partial charge in [-0.3, -0.25) is 14.4 Å². The number of rotatable bonds is 3. The van der Waals surface area contributed by atoms with Crippen LogP contribution in [0.25, 0.3) is 0 Å². The number of benzene rings is 2. The summed E-state index contributed by atoms with van der Waals surface area (Å²) in [6.45, 7) is -2.30. The van der Waals surface area contributed by atoms with E-state index in [1.807, 2.05) is 0 Å². The minimum atomic E-state index is -2.12. The summed E-state index contributed by atoms with van der Waals surface area (Å²) in [6, 6.07) is 8.36. The van der Waals surface area contributed by atoms with Gasteiger partial charge in [-0.05, 0) is 36.4 Å². The van der Waals surface area contributed by atoms with E-state index in [4.69, 9.17) is 35.2 Å². The summed E-state index contributed by atoms with van der Waals surface area (Å²) in [5.74, 6) is 0.0837. The monoisotopic (exact) mass is 704 g/mol. The Bertz CT molecular complexity index is 916. The van der Waals surface area contributed by atoms with Gasteiger partial charge in [0.2, 0.25) is 6.75 Å². The number of carbonyl (C=O) groups is 3. The van der Waals surface area contributed by atoms with Crippen LogP contribution >= 0.6 is 23.2 Å². The fourth-order valence-corrected chi connectivity index (χ4v) is 1.49. The van der Waals surface area contributed by atoms with Gasteiger partial charge in [0.15, 0.2) is 23.0 Å². The van der Waals surface area contributed by atoms with E-state index in [2.05, 4.69) is 28.1 Å². The molecule has 30 heavy (non-hydrogen) atoms. The molecule has 0 amide bonds. The van der Waals surface area contributed by atoms with Crippen molar-refractivity contribution in [3.05, 3.63) is 47.5 Å². The molecule has 0 spiro atoms. The summed E-state index contributed by atoms with van der Waals surface area (Å²) >= 11 is 9.26. The number of alkyl halides is 2. The maximum Gasteiger partial charge on any atom is 1.00 e. The van der Waals surface area contributed by atoms with Gasteiger partial charge in [-0.2, -0.15) is 0 Å². The van der Waals surface area contributed by atoms with Crippen molar-refractivity contribution in [2.75, 3.05) is 12.0 Å². The molecule has 13 heteroatoms. The molecular weight excluding hydrogens is 685 g/mol. The van der Waals surface area contributed by atoms with E-state index >= 15 is 0 Å². The van der Waals surface area contributed by atoms with Crippen LogP contribution in [0.15, 0.2) is 36.4 Å². The zero-order valence-corrected chi connectivity index (χ0v) is 29.8. The summed E-state index contributed by atoms with van der Waals surface area (Å²) in [6.07, 6.45) is 1.26. The molecule has 9 nitrogen and oxygen atoms in total. The van der Waals surface area contributed by atoms with Crippen molar-refractivity contribution in [3.63, 3.8) is 0 Å². The van der Waals surface area contributed by atoms with Crippen LogP contribution in [0.5, 0.6) is 23.0 Å². The number of ether oxygens (including phenoxy) is 2. The molecular formula is C17H16Cl2Cs2O9. The number of hydrogen-bond acceptors (Lipinski definition) is 9. The molecule has 1 heterocycles. The van der Waals surface area contributed by atoms with Gasteiger partial charge < -0.3 is 31.3 Å². The summed E-state index contributed by atoms with van der Waals surface area (Å²) in [5.41, 5.74) is 0.773. The van der Waals surface area contributed by atoms with Crippen molar-refractivity contribution in [3.8, 4) is 23.0 Å². The minimum Gasteiger partial charge on any atom is -1.00 e. The predicted octanol–water partition coefficient (Wildman–Crippen LogP) is -3.89. The van der Waals surface area contributed by atoms with E-state index in [0.29, 0.717) is 29.4 Å². The van der Waals surface area contributed by atoms with Crippen LogP contribution in [0, 0.1) is 0 Å². The predicted molar refractivity (Wildman–Crippen MR) is 97.9 cm³/mol. The quantitative estimate of drug-likeness (QED) is 0.108. The number of aldehydes is 2. The Morgan fingerprint density at radius 1 is 1.03 bits per heavy atom. The zero-order chi connectivity index (χ0) is 24.9. The smallest absolute Gasteiger partial charge is 1.00 e. The maximum absolute atomic E-state index is 10.4. The second kappa shape index (κ2) is 23.3. The number of phenols is 2. The first-order valence-corrected chi connectivity index (χ1v) is 7.56. The molecule has 0 radical (unpaired) electrons. The van der Waals surface area contributed by atoms with Crippen LogP contribution in [0.2, 0.25) is 0 Å². The molecule has 0 saturated heterocycles. The van der Waals surface area contributed by atoms with Gasteiger partial charge in [-0.25, -0.2) is 0 Å². The van der Waals surface area contributed by atoms with Gasteiger partial charge in [0, 0.05) is 11.1 Å². The molecule has 0 bridgehead atoms. The molecule has 2 N–H and O–H groups in total. The minimum absolute atomic E-state index is 0. The molecule has 0 aromatic heterocycles. The molecule has 0 unspecified atom stereocenters. The van der Waals surface area contributed by atoms with Crippen molar-refractivity contribution in [1.82, 2.24) is 0 Å². The van der Waals surface area contributed by atoms with E-state index in [9.17, 15) is 9.59 Å². The number of aromatic hydroxyl groups is 2. The van der Waals surface area contributed by atoms with E-state index in [0.717, 1.165) is 0 Å². The summed E-state index contributed by atoms with van der Waals surface area (Å²) in [4.78, 5) is 31.7. The van der Waals surface area contributed by atoms with Gasteiger partial charge in [0.25, 0.3) is 6.47 Å². The van der Waals surface area contributed by atoms with Crippen molar-refractivity contribution < 1.29 is 189 Å². The van der Waals surface area contributed by atoms with Gasteiger partial charge in [-0.15, -0.1) is 23.2 Å². The average Bonchev–Trinajstić information content (AvgIpc) is 3.02. The molecule has 0 saturated carbocycles. The third-order valence-electron chi connectivity index (χ3n) is 2.58. The second-order valence-corrected chi connectivity index (χ2v) is 4.81. The van der Waals surface area contributed by atoms with Gasteiger partial charge in [0.1, 0.15) is 15.3 Å². The largest absolute Gasteiger partial charge is 1.00 e. The van der Waals surface area contributed by atoms with Crippen molar-refractivity contribution in [2.45, 2.75) is 0 Å². The van der Waals surface area contributed by atoms with E-state index in [1.54, 1.807) is 0 Å². The molecule has 2 aromatic rings. The van der Waals surface area contributed by atoms with E-state index < -0.39 is 12.0 Å². The van der Waals surface area contributed by atoms with E-state index in [1.165, 1.54) is 36.4 Å². The first-order valence-electron chi connectivity index (χ1n) is 8.80. The Morgan fingerprint density at radius 3 is 1.97 bits per heavy atom. The average molecular weight is 705 g/mol.